The van der Waals surface area contributed by atoms with Gasteiger partial charge in [-0.15, -0.1) is 0 Å². The summed E-state index contributed by atoms with van der Waals surface area (Å²) in [5, 5.41) is 3.46. The van der Waals surface area contributed by atoms with Crippen molar-refractivity contribution >= 4 is 0 Å². The highest BCUT2D eigenvalue weighted by Crippen LogP contribution is 2.34. The van der Waals surface area contributed by atoms with E-state index in [2.05, 4.69) is 12.2 Å². The van der Waals surface area contributed by atoms with Crippen LogP contribution in [0.3, 0.4) is 0 Å². The second-order valence-corrected chi connectivity index (χ2v) is 4.53. The maximum atomic E-state index is 12.9. The van der Waals surface area contributed by atoms with Crippen molar-refractivity contribution in [1.29, 1.82) is 0 Å². The number of rotatable bonds is 1. The molecule has 3 heteroatoms. The highest BCUT2D eigenvalue weighted by molar-refractivity contribution is 5.36. The van der Waals surface area contributed by atoms with E-state index in [1.807, 2.05) is 18.2 Å². The normalized spacial score (nSPS) is 23.4. The van der Waals surface area contributed by atoms with E-state index in [0.29, 0.717) is 5.92 Å². The molecule has 2 atom stereocenters. The third-order valence-electron chi connectivity index (χ3n) is 3.32. The first-order valence-electron chi connectivity index (χ1n) is 5.82. The molecule has 0 bridgehead atoms. The summed E-state index contributed by atoms with van der Waals surface area (Å²) in [7, 11) is 0. The van der Waals surface area contributed by atoms with E-state index in [1.54, 1.807) is 6.26 Å². The average Bonchev–Trinajstić information content (AvgIpc) is 2.81. The molecule has 88 valence electrons. The van der Waals surface area contributed by atoms with Crippen LogP contribution in [-0.4, -0.2) is 6.54 Å². The summed E-state index contributed by atoms with van der Waals surface area (Å²) in [4.78, 5) is 0. The fraction of sp³-hybridized carbons (Fsp3) is 0.286. The molecule has 0 saturated carbocycles. The SMILES string of the molecule is CC1CNC(c2ccc(F)cc2)c2ccoc21. The van der Waals surface area contributed by atoms with Crippen LogP contribution in [-0.2, 0) is 0 Å². The minimum absolute atomic E-state index is 0.112. The largest absolute Gasteiger partial charge is 0.469 e. The Labute approximate surface area is 99.5 Å². The molecule has 2 heterocycles. The number of nitrogens with one attached hydrogen (secondary N) is 1. The van der Waals surface area contributed by atoms with Gasteiger partial charge in [0.2, 0.25) is 0 Å². The quantitative estimate of drug-likeness (QED) is 0.815. The maximum absolute atomic E-state index is 12.9. The summed E-state index contributed by atoms with van der Waals surface area (Å²) >= 11 is 0. The predicted molar refractivity (Wildman–Crippen MR) is 63.4 cm³/mol. The van der Waals surface area contributed by atoms with E-state index < -0.39 is 0 Å². The Balaban J connectivity index is 2.01. The molecule has 2 unspecified atom stereocenters. The van der Waals surface area contributed by atoms with Crippen molar-refractivity contribution < 1.29 is 8.81 Å². The Kier molecular flexibility index (Phi) is 2.48. The van der Waals surface area contributed by atoms with Gasteiger partial charge < -0.3 is 9.73 Å². The third-order valence-corrected chi connectivity index (χ3v) is 3.32. The minimum atomic E-state index is -0.203. The standard InChI is InChI=1S/C14H14FNO/c1-9-8-16-13(12-6-7-17-14(9)12)10-2-4-11(15)5-3-10/h2-7,9,13,16H,8H2,1H3. The Bertz CT molecular complexity index is 517. The van der Waals surface area contributed by atoms with Gasteiger partial charge in [0.15, 0.2) is 0 Å². The lowest BCUT2D eigenvalue weighted by molar-refractivity contribution is 0.413. The number of halogens is 1. The van der Waals surface area contributed by atoms with Gasteiger partial charge in [-0.3, -0.25) is 0 Å². The summed E-state index contributed by atoms with van der Waals surface area (Å²) in [5.41, 5.74) is 2.23. The molecule has 0 amide bonds. The van der Waals surface area contributed by atoms with Crippen molar-refractivity contribution in [3.05, 3.63) is 59.3 Å². The molecule has 0 fully saturated rings. The van der Waals surface area contributed by atoms with Crippen molar-refractivity contribution in [2.45, 2.75) is 18.9 Å². The van der Waals surface area contributed by atoms with E-state index >= 15 is 0 Å². The molecule has 1 aliphatic rings. The molecular weight excluding hydrogens is 217 g/mol. The van der Waals surface area contributed by atoms with Gasteiger partial charge in [0, 0.05) is 18.0 Å². The van der Waals surface area contributed by atoms with Crippen molar-refractivity contribution in [2.75, 3.05) is 6.54 Å². The van der Waals surface area contributed by atoms with Crippen LogP contribution < -0.4 is 5.32 Å². The van der Waals surface area contributed by atoms with Crippen LogP contribution >= 0.6 is 0 Å². The van der Waals surface area contributed by atoms with E-state index in [0.717, 1.165) is 23.4 Å². The Hall–Kier alpha value is -1.61. The summed E-state index contributed by atoms with van der Waals surface area (Å²) in [6.45, 7) is 3.01. The van der Waals surface area contributed by atoms with Crippen molar-refractivity contribution in [2.24, 2.45) is 0 Å². The van der Waals surface area contributed by atoms with Gasteiger partial charge in [-0.05, 0) is 23.8 Å². The number of benzene rings is 1. The Morgan fingerprint density at radius 1 is 1.24 bits per heavy atom. The molecule has 2 aromatic rings. The lowest BCUT2D eigenvalue weighted by atomic mass is 9.90. The van der Waals surface area contributed by atoms with Crippen LogP contribution in [0.2, 0.25) is 0 Å². The number of hydrogen-bond donors (Lipinski definition) is 1. The van der Waals surface area contributed by atoms with Gasteiger partial charge in [0.25, 0.3) is 0 Å². The second-order valence-electron chi connectivity index (χ2n) is 4.53. The second kappa shape index (κ2) is 4.00. The molecule has 1 aromatic heterocycles. The molecule has 1 aromatic carbocycles. The zero-order chi connectivity index (χ0) is 11.8. The molecule has 3 rings (SSSR count). The van der Waals surface area contributed by atoms with Crippen molar-refractivity contribution in [1.82, 2.24) is 5.32 Å². The van der Waals surface area contributed by atoms with Gasteiger partial charge in [0.1, 0.15) is 11.6 Å². The van der Waals surface area contributed by atoms with Crippen LogP contribution in [0.1, 0.15) is 35.8 Å². The number of hydrogen-bond acceptors (Lipinski definition) is 2. The molecule has 1 aliphatic heterocycles. The number of fused-ring (bicyclic) bond motifs is 1. The maximum Gasteiger partial charge on any atom is 0.123 e. The van der Waals surface area contributed by atoms with E-state index in [1.165, 1.54) is 12.1 Å². The Morgan fingerprint density at radius 2 is 2.00 bits per heavy atom. The molecule has 0 radical (unpaired) electrons. The van der Waals surface area contributed by atoms with Crippen LogP contribution in [0.15, 0.2) is 41.0 Å². The van der Waals surface area contributed by atoms with Crippen LogP contribution in [0.4, 0.5) is 4.39 Å². The summed E-state index contributed by atoms with van der Waals surface area (Å²) in [6, 6.07) is 8.73. The fourth-order valence-electron chi connectivity index (χ4n) is 2.42. The molecule has 17 heavy (non-hydrogen) atoms. The predicted octanol–water partition coefficient (Wildman–Crippen LogP) is 3.21. The van der Waals surface area contributed by atoms with E-state index in [9.17, 15) is 4.39 Å². The first kappa shape index (κ1) is 10.5. The van der Waals surface area contributed by atoms with Crippen LogP contribution in [0.25, 0.3) is 0 Å². The molecule has 1 N–H and O–H groups in total. The monoisotopic (exact) mass is 231 g/mol. The van der Waals surface area contributed by atoms with Gasteiger partial charge >= 0.3 is 0 Å². The highest BCUT2D eigenvalue weighted by Gasteiger charge is 2.27. The smallest absolute Gasteiger partial charge is 0.123 e. The lowest BCUT2D eigenvalue weighted by Gasteiger charge is -2.27. The van der Waals surface area contributed by atoms with Gasteiger partial charge in [-0.25, -0.2) is 4.39 Å². The van der Waals surface area contributed by atoms with E-state index in [4.69, 9.17) is 4.42 Å². The van der Waals surface area contributed by atoms with E-state index in [-0.39, 0.29) is 11.9 Å². The first-order chi connectivity index (χ1) is 8.25. The molecular formula is C14H14FNO. The lowest BCUT2D eigenvalue weighted by Crippen LogP contribution is -2.31. The summed E-state index contributed by atoms with van der Waals surface area (Å²) < 4.78 is 18.4. The van der Waals surface area contributed by atoms with Gasteiger partial charge in [-0.2, -0.15) is 0 Å². The zero-order valence-corrected chi connectivity index (χ0v) is 9.61. The highest BCUT2D eigenvalue weighted by atomic mass is 19.1. The third kappa shape index (κ3) is 1.76. The molecule has 2 nitrogen and oxygen atoms in total. The summed E-state index contributed by atoms with van der Waals surface area (Å²) in [6.07, 6.45) is 1.73. The van der Waals surface area contributed by atoms with Gasteiger partial charge in [-0.1, -0.05) is 19.1 Å². The first-order valence-corrected chi connectivity index (χ1v) is 5.82. The topological polar surface area (TPSA) is 25.2 Å². The molecule has 0 saturated heterocycles. The van der Waals surface area contributed by atoms with Crippen molar-refractivity contribution in [3.63, 3.8) is 0 Å². The minimum Gasteiger partial charge on any atom is -0.469 e. The van der Waals surface area contributed by atoms with Crippen LogP contribution in [0, 0.1) is 5.82 Å². The van der Waals surface area contributed by atoms with Crippen molar-refractivity contribution in [3.8, 4) is 0 Å². The summed E-state index contributed by atoms with van der Waals surface area (Å²) in [5.74, 6) is 1.22. The van der Waals surface area contributed by atoms with Gasteiger partial charge in [0.05, 0.1) is 12.3 Å². The molecule has 0 spiro atoms. The fourth-order valence-corrected chi connectivity index (χ4v) is 2.42. The molecule has 0 aliphatic carbocycles. The number of furan rings is 1. The van der Waals surface area contributed by atoms with Crippen LogP contribution in [0.5, 0.6) is 0 Å². The average molecular weight is 231 g/mol. The zero-order valence-electron chi connectivity index (χ0n) is 9.61. The Morgan fingerprint density at radius 3 is 2.76 bits per heavy atom.